The van der Waals surface area contributed by atoms with Gasteiger partial charge in [-0.15, -0.1) is 0 Å². The molecule has 1 fully saturated rings. The minimum absolute atomic E-state index is 0.0923. The van der Waals surface area contributed by atoms with E-state index in [2.05, 4.69) is 0 Å². The quantitative estimate of drug-likeness (QED) is 0.763. The van der Waals surface area contributed by atoms with Gasteiger partial charge in [0.05, 0.1) is 5.41 Å². The van der Waals surface area contributed by atoms with Gasteiger partial charge in [0, 0.05) is 26.2 Å². The van der Waals surface area contributed by atoms with E-state index in [4.69, 9.17) is 0 Å². The van der Waals surface area contributed by atoms with E-state index in [0.717, 1.165) is 6.42 Å². The Morgan fingerprint density at radius 3 is 2.32 bits per heavy atom. The molecule has 19 heavy (non-hydrogen) atoms. The van der Waals surface area contributed by atoms with Crippen LogP contribution in [0.25, 0.3) is 0 Å². The summed E-state index contributed by atoms with van der Waals surface area (Å²) in [5, 5.41) is 9.40. The highest BCUT2D eigenvalue weighted by Crippen LogP contribution is 2.37. The molecule has 1 aliphatic heterocycles. The molecule has 6 nitrogen and oxygen atoms in total. The summed E-state index contributed by atoms with van der Waals surface area (Å²) in [6.45, 7) is 6.69. The highest BCUT2D eigenvalue weighted by atomic mass is 32.2. The van der Waals surface area contributed by atoms with Gasteiger partial charge < -0.3 is 5.11 Å². The lowest BCUT2D eigenvalue weighted by atomic mass is 9.83. The molecule has 0 aliphatic carbocycles. The summed E-state index contributed by atoms with van der Waals surface area (Å²) in [4.78, 5) is 11.5. The van der Waals surface area contributed by atoms with Gasteiger partial charge in [-0.25, -0.2) is 0 Å². The molecule has 1 unspecified atom stereocenters. The SMILES string of the molecule is CCCC1(C(=O)O)CCN(S(=O)(=O)N(CC)CC)C1. The zero-order valence-corrected chi connectivity index (χ0v) is 12.7. The third kappa shape index (κ3) is 3.09. The van der Waals surface area contributed by atoms with Gasteiger partial charge in [0.2, 0.25) is 0 Å². The van der Waals surface area contributed by atoms with E-state index in [1.54, 1.807) is 13.8 Å². The van der Waals surface area contributed by atoms with Gasteiger partial charge in [0.15, 0.2) is 0 Å². The molecular weight excluding hydrogens is 268 g/mol. The Labute approximate surface area is 115 Å². The van der Waals surface area contributed by atoms with Crippen LogP contribution in [-0.4, -0.2) is 54.3 Å². The van der Waals surface area contributed by atoms with Crippen LogP contribution in [0.3, 0.4) is 0 Å². The molecule has 0 spiro atoms. The number of aliphatic carboxylic acids is 1. The second-order valence-electron chi connectivity index (χ2n) is 5.01. The Hall–Kier alpha value is -0.660. The maximum atomic E-state index is 12.4. The number of carboxylic acid groups (broad SMARTS) is 1. The summed E-state index contributed by atoms with van der Waals surface area (Å²) in [6.07, 6.45) is 1.66. The highest BCUT2D eigenvalue weighted by molar-refractivity contribution is 7.86. The molecule has 1 heterocycles. The maximum absolute atomic E-state index is 12.4. The number of carboxylic acids is 1. The minimum Gasteiger partial charge on any atom is -0.481 e. The second-order valence-corrected chi connectivity index (χ2v) is 6.94. The average Bonchev–Trinajstić information content (AvgIpc) is 2.77. The zero-order chi connectivity index (χ0) is 14.7. The van der Waals surface area contributed by atoms with E-state index in [1.807, 2.05) is 6.92 Å². The van der Waals surface area contributed by atoms with Crippen LogP contribution < -0.4 is 0 Å². The number of rotatable bonds is 7. The average molecular weight is 292 g/mol. The summed E-state index contributed by atoms with van der Waals surface area (Å²) in [7, 11) is -3.52. The normalized spacial score (nSPS) is 25.1. The van der Waals surface area contributed by atoms with Crippen molar-refractivity contribution in [1.29, 1.82) is 0 Å². The lowest BCUT2D eigenvalue weighted by Gasteiger charge is -2.27. The summed E-state index contributed by atoms with van der Waals surface area (Å²) in [6, 6.07) is 0. The molecule has 1 atom stereocenters. The van der Waals surface area contributed by atoms with E-state index in [1.165, 1.54) is 8.61 Å². The molecule has 1 aliphatic rings. The predicted octanol–water partition coefficient (Wildman–Crippen LogP) is 1.15. The first-order valence-corrected chi connectivity index (χ1v) is 8.22. The van der Waals surface area contributed by atoms with Crippen LogP contribution in [0.4, 0.5) is 0 Å². The van der Waals surface area contributed by atoms with Crippen LogP contribution in [-0.2, 0) is 15.0 Å². The molecule has 0 saturated carbocycles. The van der Waals surface area contributed by atoms with E-state index in [9.17, 15) is 18.3 Å². The topological polar surface area (TPSA) is 77.9 Å². The number of nitrogens with zero attached hydrogens (tertiary/aromatic N) is 2. The fraction of sp³-hybridized carbons (Fsp3) is 0.917. The largest absolute Gasteiger partial charge is 0.481 e. The predicted molar refractivity (Wildman–Crippen MR) is 73.0 cm³/mol. The smallest absolute Gasteiger partial charge is 0.311 e. The molecule has 0 bridgehead atoms. The molecule has 1 saturated heterocycles. The Balaban J connectivity index is 2.93. The molecule has 0 aromatic carbocycles. The van der Waals surface area contributed by atoms with Crippen LogP contribution in [0, 0.1) is 5.41 Å². The Bertz CT molecular complexity index is 419. The molecule has 112 valence electrons. The highest BCUT2D eigenvalue weighted by Gasteiger charge is 2.48. The molecule has 0 aromatic heterocycles. The number of carbonyl (C=O) groups is 1. The van der Waals surface area contributed by atoms with E-state index in [-0.39, 0.29) is 6.54 Å². The van der Waals surface area contributed by atoms with Crippen molar-refractivity contribution < 1.29 is 18.3 Å². The van der Waals surface area contributed by atoms with Crippen molar-refractivity contribution >= 4 is 16.2 Å². The summed E-state index contributed by atoms with van der Waals surface area (Å²) in [5.41, 5.74) is -0.908. The molecule has 1 rings (SSSR count). The third-order valence-electron chi connectivity index (χ3n) is 3.86. The van der Waals surface area contributed by atoms with Gasteiger partial charge in [-0.05, 0) is 12.8 Å². The maximum Gasteiger partial charge on any atom is 0.311 e. The molecule has 0 radical (unpaired) electrons. The van der Waals surface area contributed by atoms with Gasteiger partial charge in [-0.1, -0.05) is 27.2 Å². The van der Waals surface area contributed by atoms with Gasteiger partial charge in [-0.3, -0.25) is 4.79 Å². The van der Waals surface area contributed by atoms with Crippen molar-refractivity contribution in [3.8, 4) is 0 Å². The van der Waals surface area contributed by atoms with Crippen LogP contribution >= 0.6 is 0 Å². The molecule has 1 N–H and O–H groups in total. The van der Waals surface area contributed by atoms with Crippen molar-refractivity contribution in [3.63, 3.8) is 0 Å². The molecular formula is C12H24N2O4S. The van der Waals surface area contributed by atoms with Crippen molar-refractivity contribution in [2.24, 2.45) is 5.41 Å². The Morgan fingerprint density at radius 2 is 1.89 bits per heavy atom. The van der Waals surface area contributed by atoms with Crippen LogP contribution in [0.5, 0.6) is 0 Å². The van der Waals surface area contributed by atoms with Crippen molar-refractivity contribution in [2.75, 3.05) is 26.2 Å². The Morgan fingerprint density at radius 1 is 1.32 bits per heavy atom. The lowest BCUT2D eigenvalue weighted by molar-refractivity contribution is -0.148. The molecule has 7 heteroatoms. The molecule has 0 amide bonds. The number of hydrogen-bond acceptors (Lipinski definition) is 3. The van der Waals surface area contributed by atoms with E-state index in [0.29, 0.717) is 32.5 Å². The first kappa shape index (κ1) is 16.4. The first-order chi connectivity index (χ1) is 8.84. The second kappa shape index (κ2) is 6.19. The summed E-state index contributed by atoms with van der Waals surface area (Å²) in [5.74, 6) is -0.883. The van der Waals surface area contributed by atoms with Crippen LogP contribution in [0.1, 0.15) is 40.0 Å². The number of hydrogen-bond donors (Lipinski definition) is 1. The fourth-order valence-corrected chi connectivity index (χ4v) is 4.42. The monoisotopic (exact) mass is 292 g/mol. The van der Waals surface area contributed by atoms with E-state index >= 15 is 0 Å². The van der Waals surface area contributed by atoms with Crippen LogP contribution in [0.2, 0.25) is 0 Å². The zero-order valence-electron chi connectivity index (χ0n) is 11.9. The van der Waals surface area contributed by atoms with Gasteiger partial charge in [0.1, 0.15) is 0 Å². The Kier molecular flexibility index (Phi) is 5.34. The fourth-order valence-electron chi connectivity index (χ4n) is 2.71. The van der Waals surface area contributed by atoms with Gasteiger partial charge in [0.25, 0.3) is 10.2 Å². The summed E-state index contributed by atoms with van der Waals surface area (Å²) >= 11 is 0. The standard InChI is InChI=1S/C12H24N2O4S/c1-4-7-12(11(15)16)8-9-14(10-12)19(17,18)13(5-2)6-3/h4-10H2,1-3H3,(H,15,16). The molecule has 0 aromatic rings. The lowest BCUT2D eigenvalue weighted by Crippen LogP contribution is -2.44. The van der Waals surface area contributed by atoms with Gasteiger partial charge >= 0.3 is 5.97 Å². The summed E-state index contributed by atoms with van der Waals surface area (Å²) < 4.78 is 27.4. The first-order valence-electron chi connectivity index (χ1n) is 6.82. The van der Waals surface area contributed by atoms with Crippen LogP contribution in [0.15, 0.2) is 0 Å². The van der Waals surface area contributed by atoms with Crippen molar-refractivity contribution in [2.45, 2.75) is 40.0 Å². The van der Waals surface area contributed by atoms with Gasteiger partial charge in [-0.2, -0.15) is 17.0 Å². The third-order valence-corrected chi connectivity index (χ3v) is 5.99. The minimum atomic E-state index is -3.52. The van der Waals surface area contributed by atoms with E-state index < -0.39 is 21.6 Å². The van der Waals surface area contributed by atoms with Crippen molar-refractivity contribution in [3.05, 3.63) is 0 Å². The van der Waals surface area contributed by atoms with Crippen molar-refractivity contribution in [1.82, 2.24) is 8.61 Å².